The Balaban J connectivity index is 1.45. The van der Waals surface area contributed by atoms with E-state index in [1.54, 1.807) is 23.9 Å². The van der Waals surface area contributed by atoms with E-state index in [0.29, 0.717) is 26.1 Å². The monoisotopic (exact) mass is 468 g/mol. The fraction of sp³-hybridized carbons (Fsp3) is 0.480. The highest BCUT2D eigenvalue weighted by Gasteiger charge is 2.37. The van der Waals surface area contributed by atoms with Gasteiger partial charge < -0.3 is 20.1 Å². The molecular weight excluding hydrogens is 436 g/mol. The van der Waals surface area contributed by atoms with Crippen LogP contribution in [-0.4, -0.2) is 52.5 Å². The number of aromatic nitrogens is 1. The molecule has 0 saturated carbocycles. The van der Waals surface area contributed by atoms with Gasteiger partial charge in [-0.3, -0.25) is 9.59 Å². The molecule has 0 aliphatic carbocycles. The third kappa shape index (κ3) is 5.43. The molecule has 2 bridgehead atoms. The largest absolute Gasteiger partial charge is 0.326 e. The molecule has 3 amide bonds. The Morgan fingerprint density at radius 1 is 1.12 bits per heavy atom. The van der Waals surface area contributed by atoms with Crippen LogP contribution in [0.4, 0.5) is 10.5 Å². The van der Waals surface area contributed by atoms with E-state index >= 15 is 0 Å². The molecule has 0 spiro atoms. The van der Waals surface area contributed by atoms with Crippen LogP contribution in [0.5, 0.6) is 0 Å². The lowest BCUT2D eigenvalue weighted by atomic mass is 9.83. The summed E-state index contributed by atoms with van der Waals surface area (Å²) in [6.45, 7) is 5.78. The topological polar surface area (TPSA) is 83.4 Å². The molecule has 33 heavy (non-hydrogen) atoms. The number of likely N-dealkylation sites (tertiary alicyclic amines) is 1. The van der Waals surface area contributed by atoms with Crippen LogP contribution in [0.1, 0.15) is 35.6 Å². The van der Waals surface area contributed by atoms with Crippen LogP contribution in [0.3, 0.4) is 0 Å². The van der Waals surface area contributed by atoms with Crippen molar-refractivity contribution in [1.82, 2.24) is 14.8 Å². The molecule has 2 aliphatic rings. The molecule has 2 aliphatic heterocycles. The quantitative estimate of drug-likeness (QED) is 0.681. The zero-order valence-electron chi connectivity index (χ0n) is 19.5. The standard InChI is InChI=1S/C25H32N4O3S/c1-16-9-17(2)11-20(10-16)26-24(31)21(7-8-33-3)27-25(32)28-13-18-12-19(15-28)22-5-4-6-23(30)29(22)14-18/h4-6,9-11,18-19,21H,7-8,12-15H2,1-3H3,(H,26,31)(H,27,32). The van der Waals surface area contributed by atoms with Crippen molar-refractivity contribution in [3.63, 3.8) is 0 Å². The number of carbonyl (C=O) groups excluding carboxylic acids is 2. The number of piperidine rings is 1. The van der Waals surface area contributed by atoms with Crippen molar-refractivity contribution < 1.29 is 9.59 Å². The van der Waals surface area contributed by atoms with Gasteiger partial charge in [-0.25, -0.2) is 4.79 Å². The van der Waals surface area contributed by atoms with Crippen LogP contribution in [0.15, 0.2) is 41.2 Å². The van der Waals surface area contributed by atoms with Gasteiger partial charge in [0.1, 0.15) is 6.04 Å². The average Bonchev–Trinajstić information content (AvgIpc) is 2.76. The Hall–Kier alpha value is -2.74. The first-order chi connectivity index (χ1) is 15.8. The van der Waals surface area contributed by atoms with Crippen molar-refractivity contribution in [2.24, 2.45) is 5.92 Å². The zero-order chi connectivity index (χ0) is 23.5. The van der Waals surface area contributed by atoms with Crippen LogP contribution in [0.2, 0.25) is 0 Å². The lowest BCUT2D eigenvalue weighted by Gasteiger charge is -2.43. The lowest BCUT2D eigenvalue weighted by Crippen LogP contribution is -2.55. The van der Waals surface area contributed by atoms with Crippen molar-refractivity contribution in [2.45, 2.75) is 45.2 Å². The molecule has 3 unspecified atom stereocenters. The van der Waals surface area contributed by atoms with E-state index in [0.717, 1.165) is 34.7 Å². The number of thioether (sulfide) groups is 1. The fourth-order valence-corrected chi connectivity index (χ4v) is 5.55. The number of carbonyl (C=O) groups is 2. The van der Waals surface area contributed by atoms with Gasteiger partial charge in [0.15, 0.2) is 0 Å². The first-order valence-corrected chi connectivity index (χ1v) is 12.9. The Morgan fingerprint density at radius 3 is 2.61 bits per heavy atom. The molecular formula is C25H32N4O3S. The minimum absolute atomic E-state index is 0.0280. The Morgan fingerprint density at radius 2 is 1.88 bits per heavy atom. The SMILES string of the molecule is CSCCC(NC(=O)N1CC2CC(C1)c1cccc(=O)n1C2)C(=O)Nc1cc(C)cc(C)c1. The number of nitrogens with one attached hydrogen (secondary N) is 2. The number of hydrogen-bond donors (Lipinski definition) is 2. The third-order valence-electron chi connectivity index (χ3n) is 6.48. The van der Waals surface area contributed by atoms with Crippen molar-refractivity contribution in [3.05, 3.63) is 63.6 Å². The lowest BCUT2D eigenvalue weighted by molar-refractivity contribution is -0.118. The van der Waals surface area contributed by atoms with Crippen molar-refractivity contribution >= 4 is 29.4 Å². The molecule has 2 aromatic rings. The van der Waals surface area contributed by atoms with Crippen LogP contribution >= 0.6 is 11.8 Å². The number of benzene rings is 1. The molecule has 1 aromatic carbocycles. The number of urea groups is 1. The van der Waals surface area contributed by atoms with Gasteiger partial charge in [-0.05, 0) is 73.9 Å². The Kier molecular flexibility index (Phi) is 7.12. The predicted octanol–water partition coefficient (Wildman–Crippen LogP) is 3.35. The summed E-state index contributed by atoms with van der Waals surface area (Å²) < 4.78 is 1.85. The van der Waals surface area contributed by atoms with E-state index in [4.69, 9.17) is 0 Å². The van der Waals surface area contributed by atoms with Gasteiger partial charge in [0, 0.05) is 43.0 Å². The molecule has 1 fully saturated rings. The number of aryl methyl sites for hydroxylation is 2. The van der Waals surface area contributed by atoms with Crippen molar-refractivity contribution in [2.75, 3.05) is 30.4 Å². The summed E-state index contributed by atoms with van der Waals surface area (Å²) in [5.74, 6) is 0.963. The van der Waals surface area contributed by atoms with Gasteiger partial charge in [0.25, 0.3) is 5.56 Å². The molecule has 1 aromatic heterocycles. The van der Waals surface area contributed by atoms with Crippen LogP contribution < -0.4 is 16.2 Å². The zero-order valence-corrected chi connectivity index (χ0v) is 20.3. The number of anilines is 1. The van der Waals surface area contributed by atoms with E-state index in [2.05, 4.69) is 16.7 Å². The van der Waals surface area contributed by atoms with E-state index in [1.165, 1.54) is 0 Å². The van der Waals surface area contributed by atoms with E-state index in [1.807, 2.05) is 47.8 Å². The maximum Gasteiger partial charge on any atom is 0.318 e. The van der Waals surface area contributed by atoms with Gasteiger partial charge in [0.2, 0.25) is 5.91 Å². The highest BCUT2D eigenvalue weighted by molar-refractivity contribution is 7.98. The number of amides is 3. The summed E-state index contributed by atoms with van der Waals surface area (Å²) in [6, 6.07) is 10.5. The molecule has 3 heterocycles. The van der Waals surface area contributed by atoms with Gasteiger partial charge >= 0.3 is 6.03 Å². The van der Waals surface area contributed by atoms with Crippen LogP contribution in [0, 0.1) is 19.8 Å². The normalized spacial score (nSPS) is 20.0. The predicted molar refractivity (Wildman–Crippen MR) is 133 cm³/mol. The first-order valence-electron chi connectivity index (χ1n) is 11.5. The second-order valence-corrected chi connectivity index (χ2v) is 10.2. The number of pyridine rings is 1. The number of hydrogen-bond acceptors (Lipinski definition) is 4. The van der Waals surface area contributed by atoms with Gasteiger partial charge in [0.05, 0.1) is 0 Å². The second kappa shape index (κ2) is 10.0. The second-order valence-electron chi connectivity index (χ2n) is 9.25. The molecule has 8 heteroatoms. The molecule has 176 valence electrons. The maximum absolute atomic E-state index is 13.2. The van der Waals surface area contributed by atoms with Crippen LogP contribution in [-0.2, 0) is 11.3 Å². The average molecular weight is 469 g/mol. The van der Waals surface area contributed by atoms with Gasteiger partial charge in [-0.15, -0.1) is 0 Å². The number of nitrogens with zero attached hydrogens (tertiary/aromatic N) is 2. The smallest absolute Gasteiger partial charge is 0.318 e. The number of rotatable bonds is 6. The maximum atomic E-state index is 13.2. The van der Waals surface area contributed by atoms with Crippen molar-refractivity contribution in [1.29, 1.82) is 0 Å². The summed E-state index contributed by atoms with van der Waals surface area (Å²) in [7, 11) is 0. The molecule has 1 saturated heterocycles. The van der Waals surface area contributed by atoms with Crippen LogP contribution in [0.25, 0.3) is 0 Å². The summed E-state index contributed by atoms with van der Waals surface area (Å²) >= 11 is 1.65. The number of fused-ring (bicyclic) bond motifs is 4. The fourth-order valence-electron chi connectivity index (χ4n) is 5.08. The van der Waals surface area contributed by atoms with Gasteiger partial charge in [-0.2, -0.15) is 11.8 Å². The third-order valence-corrected chi connectivity index (χ3v) is 7.12. The van der Waals surface area contributed by atoms with E-state index in [-0.39, 0.29) is 29.3 Å². The minimum Gasteiger partial charge on any atom is -0.326 e. The minimum atomic E-state index is -0.609. The highest BCUT2D eigenvalue weighted by Crippen LogP contribution is 2.34. The summed E-state index contributed by atoms with van der Waals surface area (Å²) in [5.41, 5.74) is 3.93. The molecule has 7 nitrogen and oxygen atoms in total. The first kappa shape index (κ1) is 23.4. The van der Waals surface area contributed by atoms with E-state index in [9.17, 15) is 14.4 Å². The molecule has 2 N–H and O–H groups in total. The van der Waals surface area contributed by atoms with E-state index < -0.39 is 6.04 Å². The Bertz CT molecular complexity index is 1080. The van der Waals surface area contributed by atoms with Crippen molar-refractivity contribution in [3.8, 4) is 0 Å². The van der Waals surface area contributed by atoms with Gasteiger partial charge in [-0.1, -0.05) is 12.1 Å². The highest BCUT2D eigenvalue weighted by atomic mass is 32.2. The molecule has 3 atom stereocenters. The summed E-state index contributed by atoms with van der Waals surface area (Å²) in [5, 5.41) is 5.97. The Labute approximate surface area is 198 Å². The summed E-state index contributed by atoms with van der Waals surface area (Å²) in [6.07, 6.45) is 3.53. The summed E-state index contributed by atoms with van der Waals surface area (Å²) in [4.78, 5) is 40.3. The molecule has 4 rings (SSSR count). The molecule has 0 radical (unpaired) electrons.